The van der Waals surface area contributed by atoms with Crippen molar-refractivity contribution in [3.05, 3.63) is 58.9 Å². The van der Waals surface area contributed by atoms with Gasteiger partial charge >= 0.3 is 0 Å². The summed E-state index contributed by atoms with van der Waals surface area (Å²) in [6, 6.07) is 9.57. The summed E-state index contributed by atoms with van der Waals surface area (Å²) in [7, 11) is 1.91. The first-order valence-corrected chi connectivity index (χ1v) is 9.50. The van der Waals surface area contributed by atoms with Crippen LogP contribution in [0, 0.1) is 6.92 Å². The number of aryl methyl sites for hydroxylation is 2. The summed E-state index contributed by atoms with van der Waals surface area (Å²) in [5, 5.41) is 8.93. The number of pyridine rings is 1. The fourth-order valence-electron chi connectivity index (χ4n) is 3.21. The second-order valence-corrected chi connectivity index (χ2v) is 7.97. The molecule has 27 heavy (non-hydrogen) atoms. The van der Waals surface area contributed by atoms with Gasteiger partial charge in [-0.15, -0.1) is 10.2 Å². The van der Waals surface area contributed by atoms with Gasteiger partial charge in [-0.2, -0.15) is 0 Å². The molecule has 2 aromatic heterocycles. The number of rotatable bonds is 4. The molecule has 4 rings (SSSR count). The second-order valence-electron chi connectivity index (χ2n) is 6.66. The van der Waals surface area contributed by atoms with Gasteiger partial charge in [0.25, 0.3) is 5.91 Å². The molecule has 0 saturated heterocycles. The highest BCUT2D eigenvalue weighted by atomic mass is 32.2. The molecular formula is C19H20N6OS. The zero-order valence-corrected chi connectivity index (χ0v) is 16.2. The van der Waals surface area contributed by atoms with Crippen molar-refractivity contribution in [2.45, 2.75) is 30.8 Å². The Morgan fingerprint density at radius 2 is 2.11 bits per heavy atom. The molecule has 138 valence electrons. The highest BCUT2D eigenvalue weighted by molar-refractivity contribution is 7.99. The number of carbonyl (C=O) groups is 1. The van der Waals surface area contributed by atoms with Crippen LogP contribution in [0.15, 0.2) is 41.8 Å². The monoisotopic (exact) mass is 380 g/mol. The topological polar surface area (TPSA) is 89.9 Å². The Balaban J connectivity index is 1.65. The number of aromatic nitrogens is 4. The van der Waals surface area contributed by atoms with Crippen molar-refractivity contribution >= 4 is 29.3 Å². The molecular weight excluding hydrogens is 360 g/mol. The number of thioether (sulfide) groups is 1. The van der Waals surface area contributed by atoms with Gasteiger partial charge in [0.2, 0.25) is 0 Å². The van der Waals surface area contributed by atoms with Crippen LogP contribution in [0.25, 0.3) is 0 Å². The summed E-state index contributed by atoms with van der Waals surface area (Å²) in [5.41, 5.74) is 9.95. The molecule has 0 fully saturated rings. The van der Waals surface area contributed by atoms with E-state index in [9.17, 15) is 4.79 Å². The van der Waals surface area contributed by atoms with E-state index in [4.69, 9.17) is 5.73 Å². The number of benzene rings is 1. The van der Waals surface area contributed by atoms with Crippen LogP contribution in [-0.4, -0.2) is 25.7 Å². The standard InChI is InChI=1S/C19H20N6OS/c1-11-5-4-6-14-15(11)9-25(18(14)26)17-8-13(7-16(20)22-17)12(2)27-19-23-21-10-24(19)3/h4-8,10,12H,9H2,1-3H3,(H2,20,22). The van der Waals surface area contributed by atoms with Gasteiger partial charge in [-0.1, -0.05) is 23.9 Å². The largest absolute Gasteiger partial charge is 0.384 e. The maximum Gasteiger partial charge on any atom is 0.260 e. The fourth-order valence-corrected chi connectivity index (χ4v) is 4.11. The van der Waals surface area contributed by atoms with E-state index in [2.05, 4.69) is 22.1 Å². The van der Waals surface area contributed by atoms with E-state index >= 15 is 0 Å². The molecule has 1 aliphatic rings. The van der Waals surface area contributed by atoms with Crippen LogP contribution in [0.5, 0.6) is 0 Å². The summed E-state index contributed by atoms with van der Waals surface area (Å²) in [6.07, 6.45) is 1.67. The molecule has 3 heterocycles. The van der Waals surface area contributed by atoms with Crippen molar-refractivity contribution in [3.8, 4) is 0 Å². The van der Waals surface area contributed by atoms with Crippen molar-refractivity contribution < 1.29 is 4.79 Å². The summed E-state index contributed by atoms with van der Waals surface area (Å²) in [5.74, 6) is 0.941. The molecule has 0 bridgehead atoms. The van der Waals surface area contributed by atoms with Crippen molar-refractivity contribution in [1.82, 2.24) is 19.7 Å². The number of carbonyl (C=O) groups excluding carboxylic acids is 1. The van der Waals surface area contributed by atoms with Crippen molar-refractivity contribution in [2.75, 3.05) is 10.6 Å². The van der Waals surface area contributed by atoms with Crippen LogP contribution < -0.4 is 10.6 Å². The van der Waals surface area contributed by atoms with Crippen molar-refractivity contribution in [2.24, 2.45) is 7.05 Å². The molecule has 1 aliphatic heterocycles. The van der Waals surface area contributed by atoms with Gasteiger partial charge in [-0.25, -0.2) is 4.98 Å². The molecule has 0 spiro atoms. The molecule has 1 unspecified atom stereocenters. The second kappa shape index (κ2) is 6.70. The van der Waals surface area contributed by atoms with Gasteiger partial charge < -0.3 is 10.3 Å². The first-order valence-electron chi connectivity index (χ1n) is 8.62. The van der Waals surface area contributed by atoms with E-state index < -0.39 is 0 Å². The van der Waals surface area contributed by atoms with E-state index in [0.717, 1.165) is 27.4 Å². The highest BCUT2D eigenvalue weighted by Gasteiger charge is 2.30. The molecule has 1 amide bonds. The molecule has 0 saturated carbocycles. The van der Waals surface area contributed by atoms with Crippen LogP contribution in [0.4, 0.5) is 11.6 Å². The summed E-state index contributed by atoms with van der Waals surface area (Å²) < 4.78 is 1.87. The molecule has 2 N–H and O–H groups in total. The van der Waals surface area contributed by atoms with Gasteiger partial charge in [0.1, 0.15) is 18.0 Å². The predicted molar refractivity (Wildman–Crippen MR) is 106 cm³/mol. The first kappa shape index (κ1) is 17.5. The average Bonchev–Trinajstić information content (AvgIpc) is 3.19. The quantitative estimate of drug-likeness (QED) is 0.700. The minimum absolute atomic E-state index is 0.0358. The lowest BCUT2D eigenvalue weighted by molar-refractivity contribution is 0.0996. The molecule has 0 aliphatic carbocycles. The lowest BCUT2D eigenvalue weighted by Gasteiger charge is -2.18. The third kappa shape index (κ3) is 3.16. The average molecular weight is 380 g/mol. The third-order valence-electron chi connectivity index (χ3n) is 4.75. The van der Waals surface area contributed by atoms with Crippen LogP contribution in [0.1, 0.15) is 39.2 Å². The van der Waals surface area contributed by atoms with Gasteiger partial charge in [-0.05, 0) is 48.7 Å². The number of anilines is 2. The molecule has 1 atom stereocenters. The molecule has 7 nitrogen and oxygen atoms in total. The zero-order chi connectivity index (χ0) is 19.1. The van der Waals surface area contributed by atoms with Gasteiger partial charge in [0.15, 0.2) is 5.16 Å². The Kier molecular flexibility index (Phi) is 4.35. The van der Waals surface area contributed by atoms with Gasteiger partial charge in [0.05, 0.1) is 6.54 Å². The number of hydrogen-bond donors (Lipinski definition) is 1. The number of nitrogens with two attached hydrogens (primary N) is 1. The van der Waals surface area contributed by atoms with E-state index in [1.54, 1.807) is 23.0 Å². The Morgan fingerprint density at radius 3 is 2.81 bits per heavy atom. The number of nitrogen functional groups attached to an aromatic ring is 1. The highest BCUT2D eigenvalue weighted by Crippen LogP contribution is 2.36. The number of amides is 1. The van der Waals surface area contributed by atoms with E-state index in [0.29, 0.717) is 18.2 Å². The molecule has 3 aromatic rings. The number of nitrogens with zero attached hydrogens (tertiary/aromatic N) is 5. The lowest BCUT2D eigenvalue weighted by atomic mass is 10.1. The third-order valence-corrected chi connectivity index (χ3v) is 5.96. The summed E-state index contributed by atoms with van der Waals surface area (Å²) in [6.45, 7) is 4.61. The van der Waals surface area contributed by atoms with Gasteiger partial charge in [-0.3, -0.25) is 9.69 Å². The minimum Gasteiger partial charge on any atom is -0.384 e. The molecule has 1 aromatic carbocycles. The number of hydrogen-bond acceptors (Lipinski definition) is 6. The predicted octanol–water partition coefficient (Wildman–Crippen LogP) is 3.11. The molecule has 8 heteroatoms. The van der Waals surface area contributed by atoms with E-state index in [1.807, 2.05) is 48.9 Å². The Hall–Kier alpha value is -2.87. The Bertz CT molecular complexity index is 1030. The van der Waals surface area contributed by atoms with Crippen LogP contribution >= 0.6 is 11.8 Å². The van der Waals surface area contributed by atoms with Gasteiger partial charge in [0, 0.05) is 17.9 Å². The lowest BCUT2D eigenvalue weighted by Crippen LogP contribution is -2.24. The van der Waals surface area contributed by atoms with Crippen molar-refractivity contribution in [1.29, 1.82) is 0 Å². The number of fused-ring (bicyclic) bond motifs is 1. The normalized spacial score (nSPS) is 14.5. The van der Waals surface area contributed by atoms with Crippen LogP contribution in [0.3, 0.4) is 0 Å². The summed E-state index contributed by atoms with van der Waals surface area (Å²) >= 11 is 1.58. The SMILES string of the molecule is Cc1cccc2c1CN(c1cc(C(C)Sc3nncn3C)cc(N)n1)C2=O. The van der Waals surface area contributed by atoms with Crippen LogP contribution in [0.2, 0.25) is 0 Å². The fraction of sp³-hybridized carbons (Fsp3) is 0.263. The first-order chi connectivity index (χ1) is 12.9. The van der Waals surface area contributed by atoms with Crippen molar-refractivity contribution in [3.63, 3.8) is 0 Å². The zero-order valence-electron chi connectivity index (χ0n) is 15.4. The Morgan fingerprint density at radius 1 is 1.30 bits per heavy atom. The Labute approximate surface area is 161 Å². The van der Waals surface area contributed by atoms with E-state index in [-0.39, 0.29) is 11.2 Å². The maximum atomic E-state index is 12.9. The van der Waals surface area contributed by atoms with Crippen LogP contribution in [-0.2, 0) is 13.6 Å². The summed E-state index contributed by atoms with van der Waals surface area (Å²) in [4.78, 5) is 19.0. The van der Waals surface area contributed by atoms with E-state index in [1.165, 1.54) is 0 Å². The molecule has 0 radical (unpaired) electrons. The minimum atomic E-state index is -0.0358. The maximum absolute atomic E-state index is 12.9. The smallest absolute Gasteiger partial charge is 0.260 e.